The number of nitrogens with one attached hydrogen (secondary N) is 1. The molecule has 0 aliphatic carbocycles. The van der Waals surface area contributed by atoms with E-state index in [0.717, 1.165) is 37.9 Å². The average molecular weight is 466 g/mol. The molecule has 0 heterocycles. The summed E-state index contributed by atoms with van der Waals surface area (Å²) >= 11 is 0. The SMILES string of the molecule is C=C(CC(C)C)CC(CCCc1ccc(-c2ccccc2)c(C)c1)CC(=C)NCc1ccccc1. The van der Waals surface area contributed by atoms with Crippen molar-refractivity contribution in [3.05, 3.63) is 120 Å². The fourth-order valence-corrected chi connectivity index (χ4v) is 5.01. The molecular formula is C34H43N. The first-order valence-electron chi connectivity index (χ1n) is 13.2. The van der Waals surface area contributed by atoms with Gasteiger partial charge in [0.25, 0.3) is 0 Å². The predicted octanol–water partition coefficient (Wildman–Crippen LogP) is 9.29. The Bertz CT molecular complexity index is 1060. The lowest BCUT2D eigenvalue weighted by Crippen LogP contribution is -2.16. The maximum atomic E-state index is 4.40. The zero-order valence-electron chi connectivity index (χ0n) is 22.0. The van der Waals surface area contributed by atoms with Crippen molar-refractivity contribution in [2.75, 3.05) is 0 Å². The van der Waals surface area contributed by atoms with E-state index in [4.69, 9.17) is 0 Å². The Balaban J connectivity index is 1.55. The molecule has 0 saturated heterocycles. The molecule has 35 heavy (non-hydrogen) atoms. The summed E-state index contributed by atoms with van der Waals surface area (Å²) in [6.07, 6.45) is 6.72. The predicted molar refractivity (Wildman–Crippen MR) is 153 cm³/mol. The third kappa shape index (κ3) is 9.25. The van der Waals surface area contributed by atoms with Gasteiger partial charge in [0.2, 0.25) is 0 Å². The van der Waals surface area contributed by atoms with Gasteiger partial charge in [0.15, 0.2) is 0 Å². The van der Waals surface area contributed by atoms with Crippen molar-refractivity contribution >= 4 is 0 Å². The van der Waals surface area contributed by atoms with E-state index in [-0.39, 0.29) is 0 Å². The Hall–Kier alpha value is -3.06. The molecule has 0 aliphatic heterocycles. The van der Waals surface area contributed by atoms with Crippen LogP contribution in [0.4, 0.5) is 0 Å². The van der Waals surface area contributed by atoms with Crippen LogP contribution in [0.2, 0.25) is 0 Å². The topological polar surface area (TPSA) is 12.0 Å². The molecule has 3 aromatic carbocycles. The van der Waals surface area contributed by atoms with Crippen molar-refractivity contribution in [3.8, 4) is 11.1 Å². The molecule has 0 saturated carbocycles. The van der Waals surface area contributed by atoms with Crippen molar-refractivity contribution < 1.29 is 0 Å². The molecule has 1 unspecified atom stereocenters. The summed E-state index contributed by atoms with van der Waals surface area (Å²) in [5.74, 6) is 1.25. The minimum atomic E-state index is 0.585. The Morgan fingerprint density at radius 2 is 1.49 bits per heavy atom. The number of benzene rings is 3. The van der Waals surface area contributed by atoms with E-state index in [2.05, 4.69) is 118 Å². The highest BCUT2D eigenvalue weighted by Gasteiger charge is 2.14. The van der Waals surface area contributed by atoms with Crippen LogP contribution < -0.4 is 5.32 Å². The first-order chi connectivity index (χ1) is 16.9. The van der Waals surface area contributed by atoms with Gasteiger partial charge in [0.05, 0.1) is 0 Å². The van der Waals surface area contributed by atoms with Crippen LogP contribution in [0.25, 0.3) is 11.1 Å². The minimum absolute atomic E-state index is 0.585. The highest BCUT2D eigenvalue weighted by atomic mass is 14.9. The van der Waals surface area contributed by atoms with Crippen molar-refractivity contribution in [1.82, 2.24) is 5.32 Å². The molecule has 0 spiro atoms. The second-order valence-corrected chi connectivity index (χ2v) is 10.5. The summed E-state index contributed by atoms with van der Waals surface area (Å²) in [5.41, 5.74) is 9.23. The van der Waals surface area contributed by atoms with E-state index in [1.54, 1.807) is 0 Å². The maximum Gasteiger partial charge on any atom is 0.0397 e. The molecule has 0 bridgehead atoms. The number of hydrogen-bond donors (Lipinski definition) is 1. The van der Waals surface area contributed by atoms with Crippen LogP contribution in [-0.2, 0) is 13.0 Å². The quantitative estimate of drug-likeness (QED) is 0.234. The molecule has 1 nitrogen and oxygen atoms in total. The van der Waals surface area contributed by atoms with Crippen LogP contribution in [0.1, 0.15) is 62.6 Å². The van der Waals surface area contributed by atoms with Crippen LogP contribution >= 0.6 is 0 Å². The first kappa shape index (κ1) is 26.5. The Morgan fingerprint density at radius 3 is 2.14 bits per heavy atom. The number of allylic oxidation sites excluding steroid dienone is 2. The normalized spacial score (nSPS) is 11.9. The lowest BCUT2D eigenvalue weighted by Gasteiger charge is -2.21. The molecule has 0 amide bonds. The van der Waals surface area contributed by atoms with E-state index in [0.29, 0.717) is 11.8 Å². The molecular weight excluding hydrogens is 422 g/mol. The third-order valence-electron chi connectivity index (χ3n) is 6.65. The van der Waals surface area contributed by atoms with E-state index >= 15 is 0 Å². The lowest BCUT2D eigenvalue weighted by atomic mass is 9.87. The fraction of sp³-hybridized carbons (Fsp3) is 0.353. The van der Waals surface area contributed by atoms with E-state index < -0.39 is 0 Å². The maximum absolute atomic E-state index is 4.40. The molecule has 3 aromatic rings. The van der Waals surface area contributed by atoms with Crippen molar-refractivity contribution in [3.63, 3.8) is 0 Å². The largest absolute Gasteiger partial charge is 0.385 e. The number of rotatable bonds is 14. The highest BCUT2D eigenvalue weighted by Crippen LogP contribution is 2.28. The van der Waals surface area contributed by atoms with Crippen molar-refractivity contribution in [1.29, 1.82) is 0 Å². The van der Waals surface area contributed by atoms with Gasteiger partial charge in [-0.15, -0.1) is 0 Å². The molecule has 3 rings (SSSR count). The summed E-state index contributed by atoms with van der Waals surface area (Å²) in [5, 5.41) is 3.56. The van der Waals surface area contributed by atoms with Gasteiger partial charge in [-0.05, 0) is 85.1 Å². The second-order valence-electron chi connectivity index (χ2n) is 10.5. The third-order valence-corrected chi connectivity index (χ3v) is 6.65. The van der Waals surface area contributed by atoms with Gasteiger partial charge in [0.1, 0.15) is 0 Å². The summed E-state index contributed by atoms with van der Waals surface area (Å²) in [4.78, 5) is 0. The average Bonchev–Trinajstić information content (AvgIpc) is 2.83. The highest BCUT2D eigenvalue weighted by molar-refractivity contribution is 5.67. The van der Waals surface area contributed by atoms with E-state index in [1.165, 1.54) is 46.2 Å². The lowest BCUT2D eigenvalue weighted by molar-refractivity contribution is 0.438. The van der Waals surface area contributed by atoms with Gasteiger partial charge in [0, 0.05) is 12.2 Å². The molecule has 0 aliphatic rings. The van der Waals surface area contributed by atoms with E-state index in [9.17, 15) is 0 Å². The molecule has 1 atom stereocenters. The summed E-state index contributed by atoms with van der Waals surface area (Å²) in [7, 11) is 0. The molecule has 0 fully saturated rings. The van der Waals surface area contributed by atoms with Crippen molar-refractivity contribution in [2.45, 2.75) is 65.8 Å². The van der Waals surface area contributed by atoms with Crippen LogP contribution in [-0.4, -0.2) is 0 Å². The Labute approximate surface area is 214 Å². The van der Waals surface area contributed by atoms with Crippen LogP contribution in [0.15, 0.2) is 103 Å². The Kier molecular flexibility index (Phi) is 10.4. The van der Waals surface area contributed by atoms with Crippen molar-refractivity contribution in [2.24, 2.45) is 11.8 Å². The van der Waals surface area contributed by atoms with Gasteiger partial charge >= 0.3 is 0 Å². The van der Waals surface area contributed by atoms with Gasteiger partial charge < -0.3 is 5.32 Å². The smallest absolute Gasteiger partial charge is 0.0397 e. The molecule has 1 heteroatoms. The Morgan fingerprint density at radius 1 is 0.800 bits per heavy atom. The molecule has 1 N–H and O–H groups in total. The first-order valence-corrected chi connectivity index (χ1v) is 13.2. The molecule has 0 aromatic heterocycles. The fourth-order valence-electron chi connectivity index (χ4n) is 5.01. The molecule has 0 radical (unpaired) electrons. The minimum Gasteiger partial charge on any atom is -0.385 e. The van der Waals surface area contributed by atoms with E-state index in [1.807, 2.05) is 0 Å². The number of aryl methyl sites for hydroxylation is 2. The molecule has 184 valence electrons. The van der Waals surface area contributed by atoms with Crippen LogP contribution in [0, 0.1) is 18.8 Å². The van der Waals surface area contributed by atoms with Gasteiger partial charge in [-0.3, -0.25) is 0 Å². The van der Waals surface area contributed by atoms with Crippen LogP contribution in [0.3, 0.4) is 0 Å². The van der Waals surface area contributed by atoms with Gasteiger partial charge in [-0.1, -0.05) is 111 Å². The number of hydrogen-bond acceptors (Lipinski definition) is 1. The zero-order chi connectivity index (χ0) is 25.0. The van der Waals surface area contributed by atoms with Crippen LogP contribution in [0.5, 0.6) is 0 Å². The summed E-state index contributed by atoms with van der Waals surface area (Å²) in [6, 6.07) is 28.2. The second kappa shape index (κ2) is 13.7. The zero-order valence-corrected chi connectivity index (χ0v) is 22.0. The standard InChI is InChI=1S/C34H43N/c1-26(2)21-27(3)22-32(24-29(5)35-25-31-13-8-6-9-14-31)16-12-15-30-19-20-34(28(4)23-30)33-17-10-7-11-18-33/h6-11,13-14,17-20,23,26,32,35H,3,5,12,15-16,21-22,24-25H2,1-2,4H3. The summed E-state index contributed by atoms with van der Waals surface area (Å²) in [6.45, 7) is 16.4. The van der Waals surface area contributed by atoms with Gasteiger partial charge in [-0.25, -0.2) is 0 Å². The van der Waals surface area contributed by atoms with Gasteiger partial charge in [-0.2, -0.15) is 0 Å². The monoisotopic (exact) mass is 465 g/mol. The summed E-state index contributed by atoms with van der Waals surface area (Å²) < 4.78 is 0.